The average Bonchev–Trinajstić information content (AvgIpc) is 3.09. The highest BCUT2D eigenvalue weighted by Gasteiger charge is 2.18. The van der Waals surface area contributed by atoms with Gasteiger partial charge in [0.05, 0.1) is 20.3 Å². The van der Waals surface area contributed by atoms with Crippen molar-refractivity contribution in [3.05, 3.63) is 24.1 Å². The number of methoxy groups -OCH3 is 2. The number of benzene rings is 1. The molecule has 124 valence electrons. The molecule has 2 aromatic rings. The number of rotatable bonds is 6. The van der Waals surface area contributed by atoms with E-state index in [-0.39, 0.29) is 0 Å². The lowest BCUT2D eigenvalue weighted by atomic mass is 9.95. The van der Waals surface area contributed by atoms with Crippen LogP contribution in [0, 0.1) is 0 Å². The average molecular weight is 318 g/mol. The molecule has 0 amide bonds. The molecule has 1 fully saturated rings. The van der Waals surface area contributed by atoms with Crippen LogP contribution in [0.5, 0.6) is 11.5 Å². The zero-order chi connectivity index (χ0) is 16.1. The summed E-state index contributed by atoms with van der Waals surface area (Å²) >= 11 is 0. The van der Waals surface area contributed by atoms with Crippen molar-refractivity contribution >= 4 is 0 Å². The van der Waals surface area contributed by atoms with Gasteiger partial charge in [-0.25, -0.2) is 0 Å². The molecule has 23 heavy (non-hydrogen) atoms. The van der Waals surface area contributed by atoms with Gasteiger partial charge in [0.2, 0.25) is 5.82 Å². The summed E-state index contributed by atoms with van der Waals surface area (Å²) in [5.74, 6) is 2.59. The number of nitrogens with zero attached hydrogens (tertiary/aromatic N) is 2. The van der Waals surface area contributed by atoms with Gasteiger partial charge in [-0.2, -0.15) is 4.98 Å². The Bertz CT molecular complexity index is 636. The molecule has 0 unspecified atom stereocenters. The summed E-state index contributed by atoms with van der Waals surface area (Å²) in [5.41, 5.74) is 0.857. The second-order valence-corrected chi connectivity index (χ2v) is 5.92. The number of nitrogens with two attached hydrogens (primary N) is 1. The normalized spacial score (nSPS) is 15.6. The fourth-order valence-electron chi connectivity index (χ4n) is 3.07. The number of quaternary nitrogens is 1. The van der Waals surface area contributed by atoms with E-state index < -0.39 is 0 Å². The maximum Gasteiger partial charge on any atom is 0.282 e. The number of ether oxygens (including phenoxy) is 2. The van der Waals surface area contributed by atoms with Crippen molar-refractivity contribution < 1.29 is 19.3 Å². The minimum atomic E-state index is 0.581. The van der Waals surface area contributed by atoms with Gasteiger partial charge in [0, 0.05) is 5.56 Å². The number of hydrogen-bond acceptors (Lipinski definition) is 5. The Balaban J connectivity index is 1.66. The summed E-state index contributed by atoms with van der Waals surface area (Å²) in [7, 11) is 3.23. The lowest BCUT2D eigenvalue weighted by Crippen LogP contribution is -2.88. The van der Waals surface area contributed by atoms with Crippen LogP contribution in [0.15, 0.2) is 22.7 Å². The van der Waals surface area contributed by atoms with Crippen molar-refractivity contribution in [3.8, 4) is 22.9 Å². The van der Waals surface area contributed by atoms with Crippen LogP contribution in [0.1, 0.15) is 38.0 Å². The van der Waals surface area contributed by atoms with E-state index in [1.165, 1.54) is 32.1 Å². The molecule has 1 aliphatic rings. The first-order valence-corrected chi connectivity index (χ1v) is 8.18. The molecule has 1 heterocycles. The lowest BCUT2D eigenvalue weighted by Gasteiger charge is -2.18. The molecule has 6 heteroatoms. The highest BCUT2D eigenvalue weighted by molar-refractivity contribution is 5.60. The van der Waals surface area contributed by atoms with E-state index in [0.717, 1.165) is 12.1 Å². The summed E-state index contributed by atoms with van der Waals surface area (Å²) in [6.45, 7) is 0.741. The van der Waals surface area contributed by atoms with E-state index in [0.29, 0.717) is 29.3 Å². The maximum atomic E-state index is 5.38. The molecular formula is C17H24N3O3+. The Morgan fingerprint density at radius 2 is 1.91 bits per heavy atom. The zero-order valence-electron chi connectivity index (χ0n) is 13.7. The predicted molar refractivity (Wildman–Crippen MR) is 85.3 cm³/mol. The van der Waals surface area contributed by atoms with E-state index in [1.54, 1.807) is 14.2 Å². The first-order chi connectivity index (χ1) is 11.3. The SMILES string of the molecule is COc1ccc(-c2noc(C[NH2+]C3CCCCC3)n2)cc1OC. The van der Waals surface area contributed by atoms with Gasteiger partial charge < -0.3 is 19.3 Å². The molecule has 0 radical (unpaired) electrons. The van der Waals surface area contributed by atoms with Crippen LogP contribution in [-0.4, -0.2) is 30.4 Å². The first-order valence-electron chi connectivity index (χ1n) is 8.18. The van der Waals surface area contributed by atoms with Crippen LogP contribution in [0.25, 0.3) is 11.4 Å². The van der Waals surface area contributed by atoms with Crippen molar-refractivity contribution in [3.63, 3.8) is 0 Å². The van der Waals surface area contributed by atoms with Crippen LogP contribution in [0.3, 0.4) is 0 Å². The Hall–Kier alpha value is -2.08. The molecule has 1 aromatic carbocycles. The third-order valence-electron chi connectivity index (χ3n) is 4.39. The van der Waals surface area contributed by atoms with E-state index in [9.17, 15) is 0 Å². The van der Waals surface area contributed by atoms with Crippen molar-refractivity contribution in [2.75, 3.05) is 14.2 Å². The zero-order valence-corrected chi connectivity index (χ0v) is 13.7. The topological polar surface area (TPSA) is 74.0 Å². The van der Waals surface area contributed by atoms with E-state index in [2.05, 4.69) is 15.5 Å². The molecule has 0 spiro atoms. The first kappa shape index (κ1) is 15.8. The molecule has 6 nitrogen and oxygen atoms in total. The Morgan fingerprint density at radius 3 is 2.65 bits per heavy atom. The Kier molecular flexibility index (Phi) is 5.12. The van der Waals surface area contributed by atoms with Crippen LogP contribution < -0.4 is 14.8 Å². The Labute approximate surface area is 136 Å². The molecule has 0 atom stereocenters. The predicted octanol–water partition coefficient (Wildman–Crippen LogP) is 2.15. The van der Waals surface area contributed by atoms with Crippen molar-refractivity contribution in [2.24, 2.45) is 0 Å². The van der Waals surface area contributed by atoms with Crippen molar-refractivity contribution in [2.45, 2.75) is 44.7 Å². The summed E-state index contributed by atoms with van der Waals surface area (Å²) in [4.78, 5) is 4.49. The fourth-order valence-corrected chi connectivity index (χ4v) is 3.07. The van der Waals surface area contributed by atoms with Crippen LogP contribution in [-0.2, 0) is 6.54 Å². The minimum absolute atomic E-state index is 0.581. The molecule has 0 saturated heterocycles. The van der Waals surface area contributed by atoms with Crippen LogP contribution >= 0.6 is 0 Å². The van der Waals surface area contributed by atoms with Gasteiger partial charge >= 0.3 is 0 Å². The maximum absolute atomic E-state index is 5.38. The van der Waals surface area contributed by atoms with Gasteiger partial charge in [0.15, 0.2) is 18.0 Å². The molecular weight excluding hydrogens is 294 g/mol. The van der Waals surface area contributed by atoms with Crippen molar-refractivity contribution in [1.29, 1.82) is 0 Å². The summed E-state index contributed by atoms with van der Waals surface area (Å²) in [6, 6.07) is 6.30. The van der Waals surface area contributed by atoms with Gasteiger partial charge in [-0.05, 0) is 43.9 Å². The highest BCUT2D eigenvalue weighted by Crippen LogP contribution is 2.31. The summed E-state index contributed by atoms with van der Waals surface area (Å²) in [5, 5.41) is 6.40. The molecule has 0 bridgehead atoms. The monoisotopic (exact) mass is 318 g/mol. The smallest absolute Gasteiger partial charge is 0.282 e. The second kappa shape index (κ2) is 7.46. The third-order valence-corrected chi connectivity index (χ3v) is 4.39. The summed E-state index contributed by atoms with van der Waals surface area (Å²) in [6.07, 6.45) is 6.62. The number of hydrogen-bond donors (Lipinski definition) is 1. The van der Waals surface area contributed by atoms with Crippen molar-refractivity contribution in [1.82, 2.24) is 10.1 Å². The number of aromatic nitrogens is 2. The quantitative estimate of drug-likeness (QED) is 0.883. The minimum Gasteiger partial charge on any atom is -0.493 e. The summed E-state index contributed by atoms with van der Waals surface area (Å²) < 4.78 is 15.9. The van der Waals surface area contributed by atoms with Gasteiger partial charge in [-0.3, -0.25) is 0 Å². The van der Waals surface area contributed by atoms with Gasteiger partial charge in [-0.1, -0.05) is 11.6 Å². The highest BCUT2D eigenvalue weighted by atomic mass is 16.5. The van der Waals surface area contributed by atoms with E-state index in [4.69, 9.17) is 14.0 Å². The van der Waals surface area contributed by atoms with Gasteiger partial charge in [0.25, 0.3) is 5.89 Å². The van der Waals surface area contributed by atoms with Crippen LogP contribution in [0.2, 0.25) is 0 Å². The molecule has 1 aromatic heterocycles. The Morgan fingerprint density at radius 1 is 1.13 bits per heavy atom. The molecule has 3 rings (SSSR count). The standard InChI is InChI=1S/C17H23N3O3/c1-21-14-9-8-12(10-15(14)22-2)17-19-16(23-20-17)11-18-13-6-4-3-5-7-13/h8-10,13,18H,3-7,11H2,1-2H3/p+1. The fraction of sp³-hybridized carbons (Fsp3) is 0.529. The largest absolute Gasteiger partial charge is 0.493 e. The third kappa shape index (κ3) is 3.82. The van der Waals surface area contributed by atoms with E-state index in [1.807, 2.05) is 18.2 Å². The molecule has 1 aliphatic carbocycles. The molecule has 1 saturated carbocycles. The lowest BCUT2D eigenvalue weighted by molar-refractivity contribution is -0.708. The second-order valence-electron chi connectivity index (χ2n) is 5.92. The van der Waals surface area contributed by atoms with Crippen LogP contribution in [0.4, 0.5) is 0 Å². The van der Waals surface area contributed by atoms with E-state index >= 15 is 0 Å². The molecule has 0 aliphatic heterocycles. The van der Waals surface area contributed by atoms with Gasteiger partial charge in [0.1, 0.15) is 0 Å². The molecule has 2 N–H and O–H groups in total. The van der Waals surface area contributed by atoms with Gasteiger partial charge in [-0.15, -0.1) is 0 Å².